The van der Waals surface area contributed by atoms with E-state index in [1.54, 1.807) is 6.92 Å². The van der Waals surface area contributed by atoms with Crippen molar-refractivity contribution in [2.45, 2.75) is 45.1 Å². The number of carboxylic acid groups (broad SMARTS) is 1. The van der Waals surface area contributed by atoms with Gasteiger partial charge in [-0.3, -0.25) is 4.79 Å². The van der Waals surface area contributed by atoms with Gasteiger partial charge in [0.2, 0.25) is 0 Å². The molecule has 5 nitrogen and oxygen atoms in total. The first-order valence-corrected chi connectivity index (χ1v) is 6.76. The summed E-state index contributed by atoms with van der Waals surface area (Å²) < 4.78 is 0. The number of hydrogen-bond donors (Lipinski definition) is 2. The zero-order chi connectivity index (χ0) is 13.3. The van der Waals surface area contributed by atoms with E-state index in [1.165, 1.54) is 11.3 Å². The third-order valence-corrected chi connectivity index (χ3v) is 4.40. The highest BCUT2D eigenvalue weighted by Crippen LogP contribution is 2.31. The molecule has 0 atom stereocenters. The van der Waals surface area contributed by atoms with Gasteiger partial charge in [-0.15, -0.1) is 11.3 Å². The van der Waals surface area contributed by atoms with Crippen molar-refractivity contribution in [1.82, 2.24) is 10.3 Å². The van der Waals surface area contributed by atoms with E-state index < -0.39 is 11.5 Å². The van der Waals surface area contributed by atoms with E-state index in [0.717, 1.165) is 17.8 Å². The minimum Gasteiger partial charge on any atom is -0.480 e. The van der Waals surface area contributed by atoms with Crippen molar-refractivity contribution >= 4 is 23.2 Å². The maximum atomic E-state index is 12.1. The molecule has 2 N–H and O–H groups in total. The molecule has 6 heteroatoms. The highest BCUT2D eigenvalue weighted by Gasteiger charge is 2.43. The quantitative estimate of drug-likeness (QED) is 0.877. The van der Waals surface area contributed by atoms with E-state index in [2.05, 4.69) is 10.3 Å². The summed E-state index contributed by atoms with van der Waals surface area (Å²) in [6, 6.07) is 0. The fraction of sp³-hybridized carbons (Fsp3) is 0.583. The lowest BCUT2D eigenvalue weighted by Gasteiger charge is -2.24. The SMILES string of the molecule is Cc1nc(C)c(C(=O)NC2(C(=O)O)CCCC2)s1. The number of amides is 1. The monoisotopic (exact) mass is 268 g/mol. The third-order valence-electron chi connectivity index (χ3n) is 3.33. The maximum Gasteiger partial charge on any atom is 0.329 e. The summed E-state index contributed by atoms with van der Waals surface area (Å²) in [5.41, 5.74) is -0.421. The summed E-state index contributed by atoms with van der Waals surface area (Å²) in [4.78, 5) is 28.2. The van der Waals surface area contributed by atoms with E-state index >= 15 is 0 Å². The topological polar surface area (TPSA) is 79.3 Å². The fourth-order valence-corrected chi connectivity index (χ4v) is 3.20. The lowest BCUT2D eigenvalue weighted by atomic mass is 9.98. The lowest BCUT2D eigenvalue weighted by Crippen LogP contribution is -2.52. The fourth-order valence-electron chi connectivity index (χ4n) is 2.39. The summed E-state index contributed by atoms with van der Waals surface area (Å²) in [5.74, 6) is -1.25. The summed E-state index contributed by atoms with van der Waals surface area (Å²) >= 11 is 1.30. The molecule has 1 fully saturated rings. The van der Waals surface area contributed by atoms with Crippen molar-refractivity contribution in [3.8, 4) is 0 Å². The molecule has 0 bridgehead atoms. The van der Waals surface area contributed by atoms with Gasteiger partial charge < -0.3 is 10.4 Å². The number of nitrogens with zero attached hydrogens (tertiary/aromatic N) is 1. The molecule has 1 saturated carbocycles. The zero-order valence-electron chi connectivity index (χ0n) is 10.4. The van der Waals surface area contributed by atoms with Crippen LogP contribution in [0.5, 0.6) is 0 Å². The molecule has 2 rings (SSSR count). The second-order valence-corrected chi connectivity index (χ2v) is 5.90. The molecule has 0 aliphatic heterocycles. The lowest BCUT2D eigenvalue weighted by molar-refractivity contribution is -0.144. The average molecular weight is 268 g/mol. The number of nitrogens with one attached hydrogen (secondary N) is 1. The first-order valence-electron chi connectivity index (χ1n) is 5.94. The van der Waals surface area contributed by atoms with Crippen LogP contribution in [0, 0.1) is 13.8 Å². The molecule has 0 saturated heterocycles. The first kappa shape index (κ1) is 13.0. The van der Waals surface area contributed by atoms with E-state index in [-0.39, 0.29) is 5.91 Å². The van der Waals surface area contributed by atoms with Gasteiger partial charge >= 0.3 is 5.97 Å². The second-order valence-electron chi connectivity index (χ2n) is 4.70. The molecule has 1 aromatic rings. The number of thiazole rings is 1. The van der Waals surface area contributed by atoms with E-state index in [0.29, 0.717) is 23.4 Å². The second kappa shape index (κ2) is 4.68. The Balaban J connectivity index is 2.20. The molecular weight excluding hydrogens is 252 g/mol. The minimum atomic E-state index is -1.08. The molecule has 1 amide bonds. The van der Waals surface area contributed by atoms with Gasteiger partial charge in [-0.25, -0.2) is 9.78 Å². The van der Waals surface area contributed by atoms with Gasteiger partial charge in [0.15, 0.2) is 0 Å². The number of aryl methyl sites for hydroxylation is 2. The van der Waals surface area contributed by atoms with Crippen LogP contribution in [-0.2, 0) is 4.79 Å². The van der Waals surface area contributed by atoms with Crippen molar-refractivity contribution in [3.05, 3.63) is 15.6 Å². The van der Waals surface area contributed by atoms with Gasteiger partial charge in [0.1, 0.15) is 10.4 Å². The molecule has 1 heterocycles. The van der Waals surface area contributed by atoms with Crippen LogP contribution in [0.25, 0.3) is 0 Å². The Morgan fingerprint density at radius 2 is 1.94 bits per heavy atom. The van der Waals surface area contributed by atoms with Gasteiger partial charge in [0, 0.05) is 0 Å². The molecule has 0 unspecified atom stereocenters. The Hall–Kier alpha value is -1.43. The number of carbonyl (C=O) groups is 2. The Kier molecular flexibility index (Phi) is 3.38. The van der Waals surface area contributed by atoms with E-state index in [4.69, 9.17) is 0 Å². The highest BCUT2D eigenvalue weighted by atomic mass is 32.1. The number of hydrogen-bond acceptors (Lipinski definition) is 4. The van der Waals surface area contributed by atoms with Crippen LogP contribution in [0.2, 0.25) is 0 Å². The highest BCUT2D eigenvalue weighted by molar-refractivity contribution is 7.13. The van der Waals surface area contributed by atoms with Gasteiger partial charge in [0.25, 0.3) is 5.91 Å². The molecule has 1 aliphatic carbocycles. The smallest absolute Gasteiger partial charge is 0.329 e. The number of aliphatic carboxylic acids is 1. The van der Waals surface area contributed by atoms with Crippen LogP contribution in [0.15, 0.2) is 0 Å². The largest absolute Gasteiger partial charge is 0.480 e. The van der Waals surface area contributed by atoms with E-state index in [1.807, 2.05) is 6.92 Å². The number of carbonyl (C=O) groups excluding carboxylic acids is 1. The van der Waals surface area contributed by atoms with Crippen LogP contribution in [0.3, 0.4) is 0 Å². The first-order chi connectivity index (χ1) is 8.44. The van der Waals surface area contributed by atoms with Crippen molar-refractivity contribution in [3.63, 3.8) is 0 Å². The predicted molar refractivity (Wildman–Crippen MR) is 67.9 cm³/mol. The van der Waals surface area contributed by atoms with E-state index in [9.17, 15) is 14.7 Å². The molecular formula is C12H16N2O3S. The maximum absolute atomic E-state index is 12.1. The van der Waals surface area contributed by atoms with Crippen molar-refractivity contribution in [2.24, 2.45) is 0 Å². The van der Waals surface area contributed by atoms with Crippen molar-refractivity contribution < 1.29 is 14.7 Å². The molecule has 18 heavy (non-hydrogen) atoms. The summed E-state index contributed by atoms with van der Waals surface area (Å²) in [6.07, 6.45) is 2.69. The third kappa shape index (κ3) is 2.25. The molecule has 1 aromatic heterocycles. The van der Waals surface area contributed by atoms with Crippen LogP contribution in [-0.4, -0.2) is 27.5 Å². The van der Waals surface area contributed by atoms with Crippen LogP contribution in [0.1, 0.15) is 46.1 Å². The average Bonchev–Trinajstić information content (AvgIpc) is 2.86. The van der Waals surface area contributed by atoms with Crippen LogP contribution in [0.4, 0.5) is 0 Å². The number of rotatable bonds is 3. The van der Waals surface area contributed by atoms with Gasteiger partial charge in [-0.05, 0) is 26.7 Å². The standard InChI is InChI=1S/C12H16N2O3S/c1-7-9(18-8(2)13-7)10(15)14-12(11(16)17)5-3-4-6-12/h3-6H2,1-2H3,(H,14,15)(H,16,17). The normalized spacial score (nSPS) is 17.7. The molecule has 0 aromatic carbocycles. The Labute approximate surface area is 109 Å². The van der Waals surface area contributed by atoms with Gasteiger partial charge in [-0.2, -0.15) is 0 Å². The van der Waals surface area contributed by atoms with Gasteiger partial charge in [0.05, 0.1) is 10.7 Å². The Bertz CT molecular complexity index is 490. The Morgan fingerprint density at radius 1 is 1.33 bits per heavy atom. The van der Waals surface area contributed by atoms with Gasteiger partial charge in [-0.1, -0.05) is 12.8 Å². The number of aromatic nitrogens is 1. The predicted octanol–water partition coefficient (Wildman–Crippen LogP) is 1.89. The zero-order valence-corrected chi connectivity index (χ0v) is 11.3. The molecule has 98 valence electrons. The molecule has 0 spiro atoms. The molecule has 0 radical (unpaired) electrons. The summed E-state index contributed by atoms with van der Waals surface area (Å²) in [7, 11) is 0. The summed E-state index contributed by atoms with van der Waals surface area (Å²) in [5, 5.41) is 12.8. The summed E-state index contributed by atoms with van der Waals surface area (Å²) in [6.45, 7) is 3.59. The molecule has 1 aliphatic rings. The number of carboxylic acids is 1. The van der Waals surface area contributed by atoms with Crippen molar-refractivity contribution in [1.29, 1.82) is 0 Å². The Morgan fingerprint density at radius 3 is 2.39 bits per heavy atom. The van der Waals surface area contributed by atoms with Crippen LogP contribution >= 0.6 is 11.3 Å². The van der Waals surface area contributed by atoms with Crippen LogP contribution < -0.4 is 5.32 Å². The minimum absolute atomic E-state index is 0.317. The van der Waals surface area contributed by atoms with Crippen molar-refractivity contribution in [2.75, 3.05) is 0 Å².